The number of aliphatic hydroxyl groups excluding tert-OH is 1. The molecule has 1 aromatic carbocycles. The molecular weight excluding hydrogens is 403 g/mol. The molecule has 0 spiro atoms. The minimum Gasteiger partial charge on any atom is -0.472 e. The number of anilines is 1. The second-order valence-corrected chi connectivity index (χ2v) is 6.87. The van der Waals surface area contributed by atoms with Crippen LogP contribution in [0.4, 0.5) is 5.69 Å². The second-order valence-electron chi connectivity index (χ2n) is 6.06. The van der Waals surface area contributed by atoms with Crippen LogP contribution in [0, 0.1) is 0 Å². The highest BCUT2D eigenvalue weighted by atomic mass is 35.5. The van der Waals surface area contributed by atoms with Gasteiger partial charge in [-0.05, 0) is 29.3 Å². The first-order valence-electron chi connectivity index (χ1n) is 8.49. The lowest BCUT2D eigenvalue weighted by Gasteiger charge is -2.15. The first kappa shape index (κ1) is 20.1. The van der Waals surface area contributed by atoms with Crippen molar-refractivity contribution in [2.75, 3.05) is 11.9 Å². The molecule has 3 aromatic rings. The topological polar surface area (TPSA) is 100 Å². The third-order valence-corrected chi connectivity index (χ3v) is 4.49. The number of nitrogens with zero attached hydrogens (tertiary/aromatic N) is 2. The number of aromatic amines is 1. The monoisotopic (exact) mass is 420 g/mol. The van der Waals surface area contributed by atoms with Gasteiger partial charge >= 0.3 is 0 Å². The molecule has 0 bridgehead atoms. The molecule has 0 saturated heterocycles. The Bertz CT molecular complexity index is 965. The van der Waals surface area contributed by atoms with Gasteiger partial charge in [0, 0.05) is 30.4 Å². The van der Waals surface area contributed by atoms with Crippen LogP contribution in [0.2, 0.25) is 10.0 Å². The van der Waals surface area contributed by atoms with Crippen LogP contribution in [0.1, 0.15) is 11.1 Å². The molecule has 0 fully saturated rings. The van der Waals surface area contributed by atoms with Gasteiger partial charge in [0.1, 0.15) is 17.3 Å². The number of hydrogen-bond donors (Lipinski definition) is 3. The Kier molecular flexibility index (Phi) is 6.86. The SMILES string of the molecule is O=c1[nH]nc(OCC(O)Cc2ccc(Cl)cc2)c(NCc2cccnc2)c1Cl. The average Bonchev–Trinajstić information content (AvgIpc) is 2.70. The van der Waals surface area contributed by atoms with E-state index in [4.69, 9.17) is 27.9 Å². The number of halogens is 2. The van der Waals surface area contributed by atoms with Crippen molar-refractivity contribution >= 4 is 28.9 Å². The molecule has 0 aliphatic heterocycles. The molecule has 0 aliphatic rings. The summed E-state index contributed by atoms with van der Waals surface area (Å²) < 4.78 is 5.60. The molecular formula is C19H18Cl2N4O3. The Morgan fingerprint density at radius 1 is 1.18 bits per heavy atom. The molecule has 1 unspecified atom stereocenters. The van der Waals surface area contributed by atoms with Crippen LogP contribution < -0.4 is 15.6 Å². The number of hydrogen-bond acceptors (Lipinski definition) is 6. The maximum absolute atomic E-state index is 11.8. The summed E-state index contributed by atoms with van der Waals surface area (Å²) in [5.74, 6) is 0.101. The van der Waals surface area contributed by atoms with Crippen molar-refractivity contribution in [1.29, 1.82) is 0 Å². The summed E-state index contributed by atoms with van der Waals surface area (Å²) in [6.07, 6.45) is 2.96. The van der Waals surface area contributed by atoms with E-state index in [1.165, 1.54) is 0 Å². The molecule has 9 heteroatoms. The highest BCUT2D eigenvalue weighted by molar-refractivity contribution is 6.33. The van der Waals surface area contributed by atoms with Gasteiger partial charge < -0.3 is 15.2 Å². The molecule has 146 valence electrons. The van der Waals surface area contributed by atoms with Gasteiger partial charge in [-0.1, -0.05) is 41.4 Å². The van der Waals surface area contributed by atoms with Gasteiger partial charge in [-0.15, -0.1) is 5.10 Å². The summed E-state index contributed by atoms with van der Waals surface area (Å²) in [5, 5.41) is 20.0. The first-order chi connectivity index (χ1) is 13.5. The van der Waals surface area contributed by atoms with Crippen molar-refractivity contribution in [3.05, 3.63) is 80.3 Å². The van der Waals surface area contributed by atoms with Crippen molar-refractivity contribution in [2.24, 2.45) is 0 Å². The van der Waals surface area contributed by atoms with Gasteiger partial charge in [0.25, 0.3) is 11.4 Å². The molecule has 0 radical (unpaired) electrons. The van der Waals surface area contributed by atoms with Crippen molar-refractivity contribution in [1.82, 2.24) is 15.2 Å². The Hall–Kier alpha value is -2.61. The highest BCUT2D eigenvalue weighted by Gasteiger charge is 2.16. The zero-order valence-electron chi connectivity index (χ0n) is 14.7. The highest BCUT2D eigenvalue weighted by Crippen LogP contribution is 2.27. The van der Waals surface area contributed by atoms with Gasteiger partial charge in [-0.25, -0.2) is 5.10 Å². The number of nitrogens with one attached hydrogen (secondary N) is 2. The number of H-pyrrole nitrogens is 1. The predicted molar refractivity (Wildman–Crippen MR) is 108 cm³/mol. The van der Waals surface area contributed by atoms with Crippen molar-refractivity contribution in [3.8, 4) is 5.88 Å². The van der Waals surface area contributed by atoms with E-state index >= 15 is 0 Å². The summed E-state index contributed by atoms with van der Waals surface area (Å²) in [6.45, 7) is 0.349. The molecule has 2 aromatic heterocycles. The van der Waals surface area contributed by atoms with Gasteiger partial charge in [-0.3, -0.25) is 9.78 Å². The summed E-state index contributed by atoms with van der Waals surface area (Å²) >= 11 is 12.0. The maximum Gasteiger partial charge on any atom is 0.285 e. The van der Waals surface area contributed by atoms with Crippen LogP contribution in [0.15, 0.2) is 53.6 Å². The molecule has 3 rings (SSSR count). The second kappa shape index (κ2) is 9.54. The first-order valence-corrected chi connectivity index (χ1v) is 9.25. The molecule has 0 aliphatic carbocycles. The number of aliphatic hydroxyl groups is 1. The fourth-order valence-electron chi connectivity index (χ4n) is 2.49. The molecule has 3 N–H and O–H groups in total. The Morgan fingerprint density at radius 3 is 2.68 bits per heavy atom. The Balaban J connectivity index is 1.66. The van der Waals surface area contributed by atoms with Crippen LogP contribution in [0.25, 0.3) is 0 Å². The van der Waals surface area contributed by atoms with E-state index in [2.05, 4.69) is 20.5 Å². The fourth-order valence-corrected chi connectivity index (χ4v) is 2.81. The molecule has 7 nitrogen and oxygen atoms in total. The van der Waals surface area contributed by atoms with E-state index in [9.17, 15) is 9.90 Å². The predicted octanol–water partition coefficient (Wildman–Crippen LogP) is 3.07. The summed E-state index contributed by atoms with van der Waals surface area (Å²) in [7, 11) is 0. The average molecular weight is 421 g/mol. The summed E-state index contributed by atoms with van der Waals surface area (Å²) in [6, 6.07) is 10.9. The third-order valence-electron chi connectivity index (χ3n) is 3.88. The number of benzene rings is 1. The van der Waals surface area contributed by atoms with E-state index in [1.807, 2.05) is 18.2 Å². The maximum atomic E-state index is 11.8. The summed E-state index contributed by atoms with van der Waals surface area (Å²) in [4.78, 5) is 15.8. The van der Waals surface area contributed by atoms with Crippen LogP contribution in [-0.2, 0) is 13.0 Å². The Labute approximate surface area is 171 Å². The largest absolute Gasteiger partial charge is 0.472 e. The van der Waals surface area contributed by atoms with Crippen LogP contribution >= 0.6 is 23.2 Å². The Morgan fingerprint density at radius 2 is 1.96 bits per heavy atom. The van der Waals surface area contributed by atoms with Gasteiger partial charge in [0.15, 0.2) is 0 Å². The number of ether oxygens (including phenoxy) is 1. The molecule has 1 atom stereocenters. The zero-order valence-corrected chi connectivity index (χ0v) is 16.2. The van der Waals surface area contributed by atoms with E-state index in [1.54, 1.807) is 30.6 Å². The lowest BCUT2D eigenvalue weighted by Crippen LogP contribution is -2.22. The standard InChI is InChI=1S/C19H18Cl2N4O3/c20-14-5-3-12(4-6-14)8-15(26)11-28-19-17(16(21)18(27)24-25-19)23-10-13-2-1-7-22-9-13/h1-7,9,15,26H,8,10-11H2,(H2,23,24,27). The smallest absolute Gasteiger partial charge is 0.285 e. The van der Waals surface area contributed by atoms with E-state index in [-0.39, 0.29) is 23.2 Å². The van der Waals surface area contributed by atoms with Crippen LogP contribution in [0.5, 0.6) is 5.88 Å². The lowest BCUT2D eigenvalue weighted by atomic mass is 10.1. The van der Waals surface area contributed by atoms with Crippen molar-refractivity contribution in [3.63, 3.8) is 0 Å². The fraction of sp³-hybridized carbons (Fsp3) is 0.211. The number of pyridine rings is 1. The van der Waals surface area contributed by atoms with Gasteiger partial charge in [0.05, 0.1) is 6.10 Å². The van der Waals surface area contributed by atoms with Gasteiger partial charge in [0.2, 0.25) is 0 Å². The van der Waals surface area contributed by atoms with E-state index < -0.39 is 11.7 Å². The zero-order chi connectivity index (χ0) is 19.9. The normalized spacial score (nSPS) is 11.8. The van der Waals surface area contributed by atoms with Crippen molar-refractivity contribution < 1.29 is 9.84 Å². The lowest BCUT2D eigenvalue weighted by molar-refractivity contribution is 0.105. The number of rotatable bonds is 8. The van der Waals surface area contributed by atoms with Crippen LogP contribution in [0.3, 0.4) is 0 Å². The van der Waals surface area contributed by atoms with Gasteiger partial charge in [-0.2, -0.15) is 0 Å². The molecule has 0 amide bonds. The quantitative estimate of drug-likeness (QED) is 0.517. The van der Waals surface area contributed by atoms with E-state index in [0.29, 0.717) is 18.0 Å². The third kappa shape index (κ3) is 5.45. The van der Waals surface area contributed by atoms with E-state index in [0.717, 1.165) is 11.1 Å². The molecule has 28 heavy (non-hydrogen) atoms. The van der Waals surface area contributed by atoms with Crippen LogP contribution in [-0.4, -0.2) is 33.0 Å². The minimum absolute atomic E-state index is 0.0282. The molecule has 2 heterocycles. The van der Waals surface area contributed by atoms with Crippen molar-refractivity contribution in [2.45, 2.75) is 19.1 Å². The molecule has 0 saturated carbocycles. The number of aromatic nitrogens is 3. The minimum atomic E-state index is -0.778. The summed E-state index contributed by atoms with van der Waals surface area (Å²) in [5.41, 5.74) is 1.54.